The number of rotatable bonds is 9. The van der Waals surface area contributed by atoms with Crippen LogP contribution in [0.4, 0.5) is 0 Å². The van der Waals surface area contributed by atoms with Crippen molar-refractivity contribution in [1.29, 1.82) is 0 Å². The van der Waals surface area contributed by atoms with Gasteiger partial charge in [0, 0.05) is 5.56 Å². The van der Waals surface area contributed by atoms with Gasteiger partial charge in [-0.15, -0.1) is 0 Å². The zero-order valence-electron chi connectivity index (χ0n) is 16.0. The molecule has 0 fully saturated rings. The molecule has 0 atom stereocenters. The van der Waals surface area contributed by atoms with E-state index in [1.807, 2.05) is 13.8 Å². The Hall–Kier alpha value is -2.74. The molecule has 2 aromatic carbocycles. The van der Waals surface area contributed by atoms with Gasteiger partial charge in [-0.2, -0.15) is 5.10 Å². The van der Waals surface area contributed by atoms with Gasteiger partial charge in [-0.3, -0.25) is 4.79 Å². The number of benzene rings is 2. The van der Waals surface area contributed by atoms with Gasteiger partial charge in [0.05, 0.1) is 31.0 Å². The minimum absolute atomic E-state index is 0.0144. The summed E-state index contributed by atoms with van der Waals surface area (Å²) < 4.78 is 16.7. The van der Waals surface area contributed by atoms with Crippen LogP contribution in [-0.4, -0.2) is 37.6 Å². The maximum absolute atomic E-state index is 12.3. The Balaban J connectivity index is 2.09. The lowest BCUT2D eigenvalue weighted by Gasteiger charge is -2.11. The summed E-state index contributed by atoms with van der Waals surface area (Å²) in [5.41, 5.74) is 3.50. The number of phenolic OH excluding ortho intramolecular Hbond substituents is 1. The number of nitrogens with one attached hydrogen (secondary N) is 1. The molecule has 0 aromatic heterocycles. The Kier molecular flexibility index (Phi) is 8.13. The number of aromatic hydroxyl groups is 1. The van der Waals surface area contributed by atoms with E-state index in [4.69, 9.17) is 14.2 Å². The molecule has 28 heavy (non-hydrogen) atoms. The molecule has 0 aliphatic heterocycles. The van der Waals surface area contributed by atoms with Gasteiger partial charge in [0.2, 0.25) is 0 Å². The summed E-state index contributed by atoms with van der Waals surface area (Å²) in [5, 5.41) is 13.9. The summed E-state index contributed by atoms with van der Waals surface area (Å²) in [7, 11) is 1.52. The van der Waals surface area contributed by atoms with E-state index in [1.165, 1.54) is 13.3 Å². The Bertz CT molecular complexity index is 855. The van der Waals surface area contributed by atoms with E-state index in [1.54, 1.807) is 30.3 Å². The SMILES string of the molecule is CCCOc1ccc(C(=O)N/N=C/c2cc(Br)c(O)c(OCC)c2)cc1OC. The Morgan fingerprint density at radius 1 is 1.18 bits per heavy atom. The Labute approximate surface area is 172 Å². The number of ether oxygens (including phenoxy) is 3. The summed E-state index contributed by atoms with van der Waals surface area (Å²) in [6.45, 7) is 4.81. The van der Waals surface area contributed by atoms with Gasteiger partial charge in [-0.05, 0) is 65.2 Å². The summed E-state index contributed by atoms with van der Waals surface area (Å²) in [6, 6.07) is 8.22. The lowest BCUT2D eigenvalue weighted by atomic mass is 10.2. The topological polar surface area (TPSA) is 89.4 Å². The Morgan fingerprint density at radius 3 is 2.64 bits per heavy atom. The van der Waals surface area contributed by atoms with E-state index in [-0.39, 0.29) is 11.7 Å². The highest BCUT2D eigenvalue weighted by molar-refractivity contribution is 9.10. The van der Waals surface area contributed by atoms with Crippen molar-refractivity contribution >= 4 is 28.1 Å². The van der Waals surface area contributed by atoms with E-state index < -0.39 is 0 Å². The van der Waals surface area contributed by atoms with Crippen molar-refractivity contribution in [1.82, 2.24) is 5.43 Å². The molecule has 0 unspecified atom stereocenters. The fourth-order valence-electron chi connectivity index (χ4n) is 2.30. The maximum atomic E-state index is 12.3. The second kappa shape index (κ2) is 10.6. The summed E-state index contributed by atoms with van der Waals surface area (Å²) in [5.74, 6) is 1.02. The third-order valence-electron chi connectivity index (χ3n) is 3.62. The highest BCUT2D eigenvalue weighted by Gasteiger charge is 2.11. The third-order valence-corrected chi connectivity index (χ3v) is 4.22. The normalized spacial score (nSPS) is 10.7. The van der Waals surface area contributed by atoms with E-state index in [0.717, 1.165) is 6.42 Å². The molecule has 0 saturated heterocycles. The fraction of sp³-hybridized carbons (Fsp3) is 0.300. The molecule has 2 aromatic rings. The largest absolute Gasteiger partial charge is 0.503 e. The maximum Gasteiger partial charge on any atom is 0.271 e. The molecule has 0 heterocycles. The third kappa shape index (κ3) is 5.63. The average Bonchev–Trinajstić information content (AvgIpc) is 2.70. The molecule has 0 aliphatic carbocycles. The van der Waals surface area contributed by atoms with Crippen molar-refractivity contribution < 1.29 is 24.1 Å². The summed E-state index contributed by atoms with van der Waals surface area (Å²) >= 11 is 3.26. The van der Waals surface area contributed by atoms with Crippen LogP contribution in [0.25, 0.3) is 0 Å². The molecular weight excluding hydrogens is 428 g/mol. The fourth-order valence-corrected chi connectivity index (χ4v) is 2.76. The number of hydrogen-bond acceptors (Lipinski definition) is 6. The molecule has 8 heteroatoms. The highest BCUT2D eigenvalue weighted by atomic mass is 79.9. The number of hydrazone groups is 1. The molecule has 1 amide bonds. The smallest absolute Gasteiger partial charge is 0.271 e. The highest BCUT2D eigenvalue weighted by Crippen LogP contribution is 2.35. The molecule has 0 saturated carbocycles. The van der Waals surface area contributed by atoms with Crippen LogP contribution >= 0.6 is 15.9 Å². The van der Waals surface area contributed by atoms with Gasteiger partial charge in [0.15, 0.2) is 23.0 Å². The van der Waals surface area contributed by atoms with Crippen LogP contribution < -0.4 is 19.6 Å². The number of hydrogen-bond donors (Lipinski definition) is 2. The Morgan fingerprint density at radius 2 is 1.96 bits per heavy atom. The number of nitrogens with zero attached hydrogens (tertiary/aromatic N) is 1. The van der Waals surface area contributed by atoms with Crippen LogP contribution in [0.5, 0.6) is 23.0 Å². The molecule has 2 N–H and O–H groups in total. The predicted molar refractivity (Wildman–Crippen MR) is 111 cm³/mol. The quantitative estimate of drug-likeness (QED) is 0.443. The van der Waals surface area contributed by atoms with E-state index >= 15 is 0 Å². The van der Waals surface area contributed by atoms with Gasteiger partial charge < -0.3 is 19.3 Å². The first-order valence-corrected chi connectivity index (χ1v) is 9.59. The second-order valence-electron chi connectivity index (χ2n) is 5.70. The molecule has 0 radical (unpaired) electrons. The minimum Gasteiger partial charge on any atom is -0.503 e. The number of methoxy groups -OCH3 is 1. The lowest BCUT2D eigenvalue weighted by molar-refractivity contribution is 0.0954. The van der Waals surface area contributed by atoms with Crippen LogP contribution in [0.3, 0.4) is 0 Å². The molecule has 0 bridgehead atoms. The molecular formula is C20H23BrN2O5. The number of phenols is 1. The molecule has 0 aliphatic rings. The van der Waals surface area contributed by atoms with Crippen molar-refractivity contribution in [2.75, 3.05) is 20.3 Å². The monoisotopic (exact) mass is 450 g/mol. The molecule has 2 rings (SSSR count). The number of carbonyl (C=O) groups excluding carboxylic acids is 1. The van der Waals surface area contributed by atoms with Crippen LogP contribution in [0, 0.1) is 0 Å². The molecule has 0 spiro atoms. The van der Waals surface area contributed by atoms with E-state index in [2.05, 4.69) is 26.5 Å². The van der Waals surface area contributed by atoms with Gasteiger partial charge in [0.1, 0.15) is 0 Å². The lowest BCUT2D eigenvalue weighted by Crippen LogP contribution is -2.17. The number of halogens is 1. The average molecular weight is 451 g/mol. The summed E-state index contributed by atoms with van der Waals surface area (Å²) in [4.78, 5) is 12.3. The molecule has 7 nitrogen and oxygen atoms in total. The van der Waals surface area contributed by atoms with Crippen molar-refractivity contribution in [3.63, 3.8) is 0 Å². The van der Waals surface area contributed by atoms with Crippen LogP contribution in [0.1, 0.15) is 36.2 Å². The van der Waals surface area contributed by atoms with Gasteiger partial charge >= 0.3 is 0 Å². The first-order valence-electron chi connectivity index (χ1n) is 8.79. The van der Waals surface area contributed by atoms with Crippen LogP contribution in [0.15, 0.2) is 39.9 Å². The molecule has 150 valence electrons. The van der Waals surface area contributed by atoms with Crippen molar-refractivity contribution in [2.24, 2.45) is 5.10 Å². The van der Waals surface area contributed by atoms with Gasteiger partial charge in [0.25, 0.3) is 5.91 Å². The van der Waals surface area contributed by atoms with Crippen molar-refractivity contribution in [3.8, 4) is 23.0 Å². The van der Waals surface area contributed by atoms with Crippen LogP contribution in [0.2, 0.25) is 0 Å². The second-order valence-corrected chi connectivity index (χ2v) is 6.55. The van der Waals surface area contributed by atoms with Crippen molar-refractivity contribution in [2.45, 2.75) is 20.3 Å². The number of amides is 1. The standard InChI is InChI=1S/C20H23BrN2O5/c1-4-8-28-16-7-6-14(11-17(16)26-3)20(25)23-22-12-13-9-15(21)19(24)18(10-13)27-5-2/h6-7,9-12,24H,4-5,8H2,1-3H3,(H,23,25)/b22-12+. The predicted octanol–water partition coefficient (Wildman–Crippen LogP) is 4.11. The van der Waals surface area contributed by atoms with Crippen molar-refractivity contribution in [3.05, 3.63) is 45.9 Å². The zero-order chi connectivity index (χ0) is 20.5. The first-order chi connectivity index (χ1) is 13.5. The zero-order valence-corrected chi connectivity index (χ0v) is 17.6. The van der Waals surface area contributed by atoms with E-state index in [0.29, 0.717) is 46.1 Å². The minimum atomic E-state index is -0.389. The van der Waals surface area contributed by atoms with Gasteiger partial charge in [-0.25, -0.2) is 5.43 Å². The van der Waals surface area contributed by atoms with Gasteiger partial charge in [-0.1, -0.05) is 6.92 Å². The number of carbonyl (C=O) groups is 1. The summed E-state index contributed by atoms with van der Waals surface area (Å²) in [6.07, 6.45) is 2.33. The first kappa shape index (κ1) is 21.6. The van der Waals surface area contributed by atoms with Crippen LogP contribution in [-0.2, 0) is 0 Å². The van der Waals surface area contributed by atoms with E-state index in [9.17, 15) is 9.90 Å².